The molecule has 0 atom stereocenters. The van der Waals surface area contributed by atoms with Crippen molar-refractivity contribution in [2.24, 2.45) is 5.10 Å². The van der Waals surface area contributed by atoms with Crippen LogP contribution < -0.4 is 5.43 Å². The number of nitrogens with zero attached hydrogens (tertiary/aromatic N) is 2. The van der Waals surface area contributed by atoms with Gasteiger partial charge in [0.25, 0.3) is 0 Å². The van der Waals surface area contributed by atoms with Gasteiger partial charge in [-0.05, 0) is 24.6 Å². The summed E-state index contributed by atoms with van der Waals surface area (Å²) in [5, 5.41) is 13.0. The molecule has 0 aliphatic heterocycles. The second-order valence-corrected chi connectivity index (χ2v) is 3.77. The fraction of sp³-hybridized carbons (Fsp3) is 0.250. The summed E-state index contributed by atoms with van der Waals surface area (Å²) in [4.78, 5) is 11.4. The van der Waals surface area contributed by atoms with Gasteiger partial charge in [0.2, 0.25) is 5.71 Å². The second-order valence-electron chi connectivity index (χ2n) is 3.33. The third-order valence-corrected chi connectivity index (χ3v) is 2.09. The van der Waals surface area contributed by atoms with E-state index in [2.05, 4.69) is 10.5 Å². The molecule has 0 spiro atoms. The lowest BCUT2D eigenvalue weighted by Crippen LogP contribution is -2.17. The number of hydrazone groups is 1. The molecule has 0 radical (unpaired) electrons. The van der Waals surface area contributed by atoms with Crippen molar-refractivity contribution in [1.29, 1.82) is 5.26 Å². The van der Waals surface area contributed by atoms with E-state index < -0.39 is 5.97 Å². The molecule has 0 aliphatic rings. The van der Waals surface area contributed by atoms with Crippen LogP contribution in [0.2, 0.25) is 5.02 Å². The highest BCUT2D eigenvalue weighted by molar-refractivity contribution is 6.43. The molecule has 1 aromatic carbocycles. The number of anilines is 1. The van der Waals surface area contributed by atoms with Crippen LogP contribution in [0.25, 0.3) is 0 Å². The fourth-order valence-electron chi connectivity index (χ4n) is 1.06. The van der Waals surface area contributed by atoms with Crippen LogP contribution in [0, 0.1) is 11.3 Å². The predicted molar refractivity (Wildman–Crippen MR) is 69.4 cm³/mol. The number of ether oxygens (including phenoxy) is 1. The van der Waals surface area contributed by atoms with Gasteiger partial charge in [-0.3, -0.25) is 5.43 Å². The monoisotopic (exact) mass is 265 g/mol. The molecule has 0 amide bonds. The van der Waals surface area contributed by atoms with E-state index in [0.717, 1.165) is 0 Å². The van der Waals surface area contributed by atoms with Gasteiger partial charge in [-0.1, -0.05) is 24.6 Å². The number of nitriles is 1. The molecule has 0 saturated carbocycles. The van der Waals surface area contributed by atoms with Gasteiger partial charge < -0.3 is 4.74 Å². The van der Waals surface area contributed by atoms with Crippen LogP contribution in [0.4, 0.5) is 5.69 Å². The Hall–Kier alpha value is -2.06. The summed E-state index contributed by atoms with van der Waals surface area (Å²) in [6, 6.07) is 8.44. The van der Waals surface area contributed by atoms with E-state index in [-0.39, 0.29) is 12.3 Å². The van der Waals surface area contributed by atoms with E-state index in [1.54, 1.807) is 30.3 Å². The average Bonchev–Trinajstić information content (AvgIpc) is 2.37. The summed E-state index contributed by atoms with van der Waals surface area (Å²) < 4.78 is 4.80. The lowest BCUT2D eigenvalue weighted by atomic mass is 10.3. The van der Waals surface area contributed by atoms with Crippen LogP contribution >= 0.6 is 11.6 Å². The minimum Gasteiger partial charge on any atom is -0.460 e. The van der Waals surface area contributed by atoms with E-state index in [1.807, 2.05) is 6.92 Å². The number of benzene rings is 1. The van der Waals surface area contributed by atoms with E-state index in [1.165, 1.54) is 0 Å². The number of halogens is 1. The zero-order valence-corrected chi connectivity index (χ0v) is 10.6. The minimum atomic E-state index is -0.742. The van der Waals surface area contributed by atoms with Crippen LogP contribution in [0.15, 0.2) is 29.4 Å². The van der Waals surface area contributed by atoms with Gasteiger partial charge in [-0.25, -0.2) is 4.79 Å². The molecule has 0 aromatic heterocycles. The smallest absolute Gasteiger partial charge is 0.369 e. The van der Waals surface area contributed by atoms with Crippen molar-refractivity contribution in [2.45, 2.75) is 13.3 Å². The van der Waals surface area contributed by atoms with Gasteiger partial charge >= 0.3 is 5.97 Å². The van der Waals surface area contributed by atoms with Gasteiger partial charge in [0.1, 0.15) is 6.07 Å². The SMILES string of the molecule is CCCOC(=O)/C(C#N)=N/Nc1cccc(Cl)c1. The molecule has 5 nitrogen and oxygen atoms in total. The van der Waals surface area contributed by atoms with E-state index in [4.69, 9.17) is 21.6 Å². The quantitative estimate of drug-likeness (QED) is 0.504. The maximum atomic E-state index is 11.4. The Morgan fingerprint density at radius 3 is 3.00 bits per heavy atom. The second kappa shape index (κ2) is 7.30. The van der Waals surface area contributed by atoms with Crippen molar-refractivity contribution in [2.75, 3.05) is 12.0 Å². The average molecular weight is 266 g/mol. The Labute approximate surface area is 110 Å². The first-order valence-electron chi connectivity index (χ1n) is 5.34. The third kappa shape index (κ3) is 4.44. The highest BCUT2D eigenvalue weighted by Crippen LogP contribution is 2.14. The molecule has 0 unspecified atom stereocenters. The molecule has 0 heterocycles. The Morgan fingerprint density at radius 2 is 2.39 bits per heavy atom. The predicted octanol–water partition coefficient (Wildman–Crippen LogP) is 2.58. The molecular formula is C12H12ClN3O2. The zero-order chi connectivity index (χ0) is 13.4. The summed E-state index contributed by atoms with van der Waals surface area (Å²) in [5.41, 5.74) is 2.83. The molecule has 0 saturated heterocycles. The molecule has 18 heavy (non-hydrogen) atoms. The molecule has 0 aliphatic carbocycles. The molecule has 1 N–H and O–H groups in total. The summed E-state index contributed by atoms with van der Waals surface area (Å²) in [7, 11) is 0. The number of hydrogen-bond acceptors (Lipinski definition) is 5. The first-order chi connectivity index (χ1) is 8.67. The largest absolute Gasteiger partial charge is 0.460 e. The highest BCUT2D eigenvalue weighted by atomic mass is 35.5. The van der Waals surface area contributed by atoms with E-state index in [9.17, 15) is 4.79 Å². The van der Waals surface area contributed by atoms with Gasteiger partial charge in [-0.2, -0.15) is 10.4 Å². The van der Waals surface area contributed by atoms with Crippen molar-refractivity contribution in [3.8, 4) is 6.07 Å². The molecule has 0 fully saturated rings. The standard InChI is InChI=1S/C12H12ClN3O2/c1-2-6-18-12(17)11(8-14)16-15-10-5-3-4-9(13)7-10/h3-5,7,15H,2,6H2,1H3/b16-11+. The van der Waals surface area contributed by atoms with Crippen LogP contribution in [-0.4, -0.2) is 18.3 Å². The first-order valence-corrected chi connectivity index (χ1v) is 5.71. The summed E-state index contributed by atoms with van der Waals surface area (Å²) in [5.74, 6) is -0.742. The summed E-state index contributed by atoms with van der Waals surface area (Å²) in [6.45, 7) is 2.12. The number of rotatable bonds is 5. The van der Waals surface area contributed by atoms with Crippen LogP contribution in [-0.2, 0) is 9.53 Å². The third-order valence-electron chi connectivity index (χ3n) is 1.86. The van der Waals surface area contributed by atoms with Crippen molar-refractivity contribution < 1.29 is 9.53 Å². The highest BCUT2D eigenvalue weighted by Gasteiger charge is 2.12. The number of carbonyl (C=O) groups is 1. The van der Waals surface area contributed by atoms with Gasteiger partial charge in [0, 0.05) is 5.02 Å². The Morgan fingerprint density at radius 1 is 1.61 bits per heavy atom. The number of hydrogen-bond donors (Lipinski definition) is 1. The molecule has 1 aromatic rings. The number of carbonyl (C=O) groups excluding carboxylic acids is 1. The number of esters is 1. The Kier molecular flexibility index (Phi) is 5.68. The van der Waals surface area contributed by atoms with Crippen LogP contribution in [0.1, 0.15) is 13.3 Å². The van der Waals surface area contributed by atoms with E-state index >= 15 is 0 Å². The van der Waals surface area contributed by atoms with Gasteiger partial charge in [-0.15, -0.1) is 0 Å². The fourth-order valence-corrected chi connectivity index (χ4v) is 1.25. The van der Waals surface area contributed by atoms with Crippen molar-refractivity contribution in [1.82, 2.24) is 0 Å². The topological polar surface area (TPSA) is 74.5 Å². The maximum absolute atomic E-state index is 11.4. The minimum absolute atomic E-state index is 0.261. The molecule has 6 heteroatoms. The lowest BCUT2D eigenvalue weighted by molar-refractivity contribution is -0.135. The molecular weight excluding hydrogens is 254 g/mol. The maximum Gasteiger partial charge on any atom is 0.369 e. The first kappa shape index (κ1) is 14.0. The summed E-state index contributed by atoms with van der Waals surface area (Å²) in [6.07, 6.45) is 0.687. The molecule has 0 bridgehead atoms. The van der Waals surface area contributed by atoms with Crippen LogP contribution in [0.3, 0.4) is 0 Å². The summed E-state index contributed by atoms with van der Waals surface area (Å²) >= 11 is 5.78. The normalized spacial score (nSPS) is 10.6. The van der Waals surface area contributed by atoms with Crippen molar-refractivity contribution >= 4 is 29.0 Å². The Balaban J connectivity index is 2.69. The molecule has 1 rings (SSSR count). The Bertz CT molecular complexity index is 494. The van der Waals surface area contributed by atoms with Gasteiger partial charge in [0.15, 0.2) is 0 Å². The lowest BCUT2D eigenvalue weighted by Gasteiger charge is -2.02. The van der Waals surface area contributed by atoms with E-state index in [0.29, 0.717) is 17.1 Å². The van der Waals surface area contributed by atoms with Crippen LogP contribution in [0.5, 0.6) is 0 Å². The molecule has 94 valence electrons. The van der Waals surface area contributed by atoms with Crippen molar-refractivity contribution in [3.05, 3.63) is 29.3 Å². The zero-order valence-electron chi connectivity index (χ0n) is 9.81. The van der Waals surface area contributed by atoms with Crippen molar-refractivity contribution in [3.63, 3.8) is 0 Å². The van der Waals surface area contributed by atoms with Gasteiger partial charge in [0.05, 0.1) is 12.3 Å². The number of nitrogens with one attached hydrogen (secondary N) is 1.